The van der Waals surface area contributed by atoms with Crippen LogP contribution in [0.3, 0.4) is 0 Å². The molecule has 2 amide bonds. The van der Waals surface area contributed by atoms with E-state index in [4.69, 9.17) is 9.15 Å². The Bertz CT molecular complexity index is 938. The van der Waals surface area contributed by atoms with E-state index in [-0.39, 0.29) is 24.9 Å². The van der Waals surface area contributed by atoms with E-state index in [0.29, 0.717) is 28.4 Å². The molecular formula is C21H21N3O4. The number of rotatable bonds is 8. The maximum absolute atomic E-state index is 12.5. The molecule has 144 valence electrons. The lowest BCUT2D eigenvalue weighted by molar-refractivity contribution is -0.114. The molecule has 0 bridgehead atoms. The number of carbonyl (C=O) groups is 2. The molecule has 3 aromatic rings. The van der Waals surface area contributed by atoms with E-state index in [9.17, 15) is 9.59 Å². The molecule has 0 atom stereocenters. The highest BCUT2D eigenvalue weighted by molar-refractivity contribution is 6.01. The Morgan fingerprint density at radius 2 is 1.71 bits per heavy atom. The first-order valence-corrected chi connectivity index (χ1v) is 8.73. The topological polar surface area (TPSA) is 92.6 Å². The van der Waals surface area contributed by atoms with Crippen molar-refractivity contribution in [2.45, 2.75) is 6.54 Å². The minimum Gasteiger partial charge on any atom is -0.495 e. The summed E-state index contributed by atoms with van der Waals surface area (Å²) in [7, 11) is 1.54. The number of para-hydroxylation sites is 3. The second-order valence-corrected chi connectivity index (χ2v) is 5.91. The van der Waals surface area contributed by atoms with E-state index in [2.05, 4.69) is 16.0 Å². The highest BCUT2D eigenvalue weighted by atomic mass is 16.5. The van der Waals surface area contributed by atoms with Crippen LogP contribution in [0.25, 0.3) is 0 Å². The van der Waals surface area contributed by atoms with Crippen molar-refractivity contribution in [1.29, 1.82) is 0 Å². The van der Waals surface area contributed by atoms with Crippen molar-refractivity contribution < 1.29 is 18.7 Å². The summed E-state index contributed by atoms with van der Waals surface area (Å²) in [6, 6.07) is 17.7. The molecule has 1 aromatic heterocycles. The number of carbonyl (C=O) groups excluding carboxylic acids is 2. The quantitative estimate of drug-likeness (QED) is 0.559. The van der Waals surface area contributed by atoms with Gasteiger partial charge in [-0.15, -0.1) is 0 Å². The van der Waals surface area contributed by atoms with Gasteiger partial charge in [0, 0.05) is 5.69 Å². The monoisotopic (exact) mass is 379 g/mol. The number of methoxy groups -OCH3 is 1. The molecule has 0 saturated carbocycles. The van der Waals surface area contributed by atoms with Crippen molar-refractivity contribution in [3.63, 3.8) is 0 Å². The summed E-state index contributed by atoms with van der Waals surface area (Å²) in [6.45, 7) is 0.287. The maximum Gasteiger partial charge on any atom is 0.253 e. The van der Waals surface area contributed by atoms with Crippen molar-refractivity contribution in [3.05, 3.63) is 78.3 Å². The van der Waals surface area contributed by atoms with Crippen LogP contribution in [-0.4, -0.2) is 25.5 Å². The van der Waals surface area contributed by atoms with Gasteiger partial charge in [0.15, 0.2) is 0 Å². The highest BCUT2D eigenvalue weighted by Crippen LogP contribution is 2.23. The van der Waals surface area contributed by atoms with Gasteiger partial charge >= 0.3 is 0 Å². The number of nitrogens with one attached hydrogen (secondary N) is 3. The van der Waals surface area contributed by atoms with Gasteiger partial charge in [-0.3, -0.25) is 9.59 Å². The van der Waals surface area contributed by atoms with Crippen LogP contribution in [0.5, 0.6) is 5.75 Å². The Kier molecular flexibility index (Phi) is 6.30. The van der Waals surface area contributed by atoms with E-state index < -0.39 is 0 Å². The van der Waals surface area contributed by atoms with Crippen molar-refractivity contribution >= 4 is 23.2 Å². The second kappa shape index (κ2) is 9.27. The minimum atomic E-state index is -0.260. The van der Waals surface area contributed by atoms with Crippen LogP contribution in [0.15, 0.2) is 71.3 Å². The standard InChI is InChI=1S/C21H21N3O4/c1-27-19-11-5-4-10-18(19)24-20(25)14-22-17-9-3-2-8-16(17)21(26)23-13-15-7-6-12-28-15/h2-12,22H,13-14H2,1H3,(H,23,26)(H,24,25). The summed E-state index contributed by atoms with van der Waals surface area (Å²) < 4.78 is 10.4. The molecule has 7 heteroatoms. The molecular weight excluding hydrogens is 358 g/mol. The van der Waals surface area contributed by atoms with Crippen molar-refractivity contribution in [2.75, 3.05) is 24.3 Å². The number of furan rings is 1. The Morgan fingerprint density at radius 3 is 2.46 bits per heavy atom. The lowest BCUT2D eigenvalue weighted by Gasteiger charge is -2.13. The van der Waals surface area contributed by atoms with Crippen LogP contribution in [0.2, 0.25) is 0 Å². The molecule has 0 aliphatic carbocycles. The van der Waals surface area contributed by atoms with Crippen molar-refractivity contribution in [1.82, 2.24) is 5.32 Å². The van der Waals surface area contributed by atoms with E-state index in [1.165, 1.54) is 0 Å². The van der Waals surface area contributed by atoms with Crippen LogP contribution in [-0.2, 0) is 11.3 Å². The van der Waals surface area contributed by atoms with E-state index in [1.54, 1.807) is 61.9 Å². The molecule has 1 heterocycles. The summed E-state index contributed by atoms with van der Waals surface area (Å²) in [5, 5.41) is 8.59. The fraction of sp³-hybridized carbons (Fsp3) is 0.143. The van der Waals surface area contributed by atoms with Gasteiger partial charge in [0.05, 0.1) is 37.7 Å². The van der Waals surface area contributed by atoms with E-state index in [0.717, 1.165) is 0 Å². The Labute approximate surface area is 162 Å². The predicted octanol–water partition coefficient (Wildman–Crippen LogP) is 3.27. The molecule has 2 aromatic carbocycles. The average Bonchev–Trinajstić information content (AvgIpc) is 3.25. The Hall–Kier alpha value is -3.74. The minimum absolute atomic E-state index is 0.000522. The molecule has 0 aliphatic rings. The molecule has 3 N–H and O–H groups in total. The first-order chi connectivity index (χ1) is 13.7. The molecule has 0 unspecified atom stereocenters. The third-order valence-electron chi connectivity index (χ3n) is 4.00. The molecule has 0 saturated heterocycles. The molecule has 7 nitrogen and oxygen atoms in total. The van der Waals surface area contributed by atoms with Crippen LogP contribution >= 0.6 is 0 Å². The summed E-state index contributed by atoms with van der Waals surface area (Å²) in [6.07, 6.45) is 1.55. The Balaban J connectivity index is 1.59. The zero-order valence-corrected chi connectivity index (χ0v) is 15.4. The van der Waals surface area contributed by atoms with Gasteiger partial charge < -0.3 is 25.1 Å². The van der Waals surface area contributed by atoms with Crippen LogP contribution < -0.4 is 20.7 Å². The van der Waals surface area contributed by atoms with Gasteiger partial charge in [0.2, 0.25) is 5.91 Å². The van der Waals surface area contributed by atoms with Gasteiger partial charge in [-0.25, -0.2) is 0 Å². The highest BCUT2D eigenvalue weighted by Gasteiger charge is 2.13. The third kappa shape index (κ3) is 4.91. The predicted molar refractivity (Wildman–Crippen MR) is 106 cm³/mol. The van der Waals surface area contributed by atoms with Crippen LogP contribution in [0.4, 0.5) is 11.4 Å². The zero-order valence-electron chi connectivity index (χ0n) is 15.4. The lowest BCUT2D eigenvalue weighted by atomic mass is 10.1. The number of anilines is 2. The number of ether oxygens (including phenoxy) is 1. The first kappa shape index (κ1) is 19.0. The summed E-state index contributed by atoms with van der Waals surface area (Å²) in [5.41, 5.74) is 1.59. The molecule has 0 aliphatic heterocycles. The fourth-order valence-electron chi connectivity index (χ4n) is 2.63. The van der Waals surface area contributed by atoms with E-state index >= 15 is 0 Å². The van der Waals surface area contributed by atoms with Crippen LogP contribution in [0.1, 0.15) is 16.1 Å². The van der Waals surface area contributed by atoms with Gasteiger partial charge in [-0.05, 0) is 36.4 Å². The third-order valence-corrected chi connectivity index (χ3v) is 4.00. The van der Waals surface area contributed by atoms with Crippen molar-refractivity contribution in [2.24, 2.45) is 0 Å². The zero-order chi connectivity index (χ0) is 19.8. The summed E-state index contributed by atoms with van der Waals surface area (Å²) >= 11 is 0. The first-order valence-electron chi connectivity index (χ1n) is 8.73. The van der Waals surface area contributed by atoms with Crippen LogP contribution in [0, 0.1) is 0 Å². The molecule has 0 spiro atoms. The molecule has 3 rings (SSSR count). The average molecular weight is 379 g/mol. The molecule has 0 fully saturated rings. The Morgan fingerprint density at radius 1 is 0.964 bits per heavy atom. The second-order valence-electron chi connectivity index (χ2n) is 5.91. The smallest absolute Gasteiger partial charge is 0.253 e. The molecule has 0 radical (unpaired) electrons. The SMILES string of the molecule is COc1ccccc1NC(=O)CNc1ccccc1C(=O)NCc1ccco1. The largest absolute Gasteiger partial charge is 0.495 e. The lowest BCUT2D eigenvalue weighted by Crippen LogP contribution is -2.26. The van der Waals surface area contributed by atoms with Crippen molar-refractivity contribution in [3.8, 4) is 5.75 Å². The number of amides is 2. The summed E-state index contributed by atoms with van der Waals surface area (Å²) in [4.78, 5) is 24.7. The van der Waals surface area contributed by atoms with E-state index in [1.807, 2.05) is 12.1 Å². The number of hydrogen-bond acceptors (Lipinski definition) is 5. The maximum atomic E-state index is 12.5. The number of hydrogen-bond donors (Lipinski definition) is 3. The molecule has 28 heavy (non-hydrogen) atoms. The summed E-state index contributed by atoms with van der Waals surface area (Å²) in [5.74, 6) is 0.725. The van der Waals surface area contributed by atoms with Gasteiger partial charge in [0.25, 0.3) is 5.91 Å². The van der Waals surface area contributed by atoms with Gasteiger partial charge in [-0.2, -0.15) is 0 Å². The normalized spacial score (nSPS) is 10.2. The van der Waals surface area contributed by atoms with Gasteiger partial charge in [0.1, 0.15) is 11.5 Å². The number of benzene rings is 2. The van der Waals surface area contributed by atoms with Gasteiger partial charge in [-0.1, -0.05) is 24.3 Å². The fourth-order valence-corrected chi connectivity index (χ4v) is 2.63.